The molecule has 2 fully saturated rings. The second-order valence-electron chi connectivity index (χ2n) is 12.3. The zero-order valence-electron chi connectivity index (χ0n) is 27.9. The summed E-state index contributed by atoms with van der Waals surface area (Å²) in [6.07, 6.45) is 8.64. The number of fused-ring (bicyclic) bond motifs is 2. The third-order valence-corrected chi connectivity index (χ3v) is 9.69. The fourth-order valence-electron chi connectivity index (χ4n) is 6.68. The van der Waals surface area contributed by atoms with Gasteiger partial charge in [-0.1, -0.05) is 6.07 Å². The first-order chi connectivity index (χ1) is 23.9. The highest BCUT2D eigenvalue weighted by Crippen LogP contribution is 2.39. The summed E-state index contributed by atoms with van der Waals surface area (Å²) in [5, 5.41) is 18.4. The number of aromatic nitrogens is 4. The number of morpholine rings is 1. The molecule has 258 valence electrons. The molecule has 0 radical (unpaired) electrons. The topological polar surface area (TPSA) is 151 Å². The van der Waals surface area contributed by atoms with E-state index >= 15 is 0 Å². The molecule has 14 heteroatoms. The lowest BCUT2D eigenvalue weighted by Crippen LogP contribution is -2.56. The number of H-pyrrole nitrogens is 1. The Morgan fingerprint density at radius 2 is 1.98 bits per heavy atom. The Morgan fingerprint density at radius 1 is 1.16 bits per heavy atom. The molecule has 0 bridgehead atoms. The average molecular weight is 688 g/mol. The molecule has 7 rings (SSSR count). The maximum absolute atomic E-state index is 12.5. The van der Waals surface area contributed by atoms with Gasteiger partial charge in [0.2, 0.25) is 11.8 Å². The summed E-state index contributed by atoms with van der Waals surface area (Å²) >= 11 is 1.63. The molecule has 3 aromatic heterocycles. The van der Waals surface area contributed by atoms with Crippen molar-refractivity contribution in [3.63, 3.8) is 0 Å². The van der Waals surface area contributed by atoms with Crippen molar-refractivity contribution in [1.82, 2.24) is 24.9 Å². The summed E-state index contributed by atoms with van der Waals surface area (Å²) in [6, 6.07) is 10.8. The fourth-order valence-corrected chi connectivity index (χ4v) is 7.13. The van der Waals surface area contributed by atoms with Crippen LogP contribution in [0.25, 0.3) is 33.3 Å². The van der Waals surface area contributed by atoms with E-state index in [9.17, 15) is 9.90 Å². The van der Waals surface area contributed by atoms with Gasteiger partial charge in [-0.3, -0.25) is 5.01 Å². The number of rotatable bonds is 13. The number of aryl methyl sites for hydroxylation is 1. The fraction of sp³-hybridized carbons (Fsp3) is 0.429. The molecule has 2 aliphatic rings. The number of methoxy groups -OCH3 is 1. The van der Waals surface area contributed by atoms with Gasteiger partial charge in [0.05, 0.1) is 37.1 Å². The maximum atomic E-state index is 12.5. The second kappa shape index (κ2) is 14.5. The van der Waals surface area contributed by atoms with E-state index in [1.165, 1.54) is 0 Å². The molecule has 1 aliphatic heterocycles. The van der Waals surface area contributed by atoms with Gasteiger partial charge in [-0.25, -0.2) is 14.8 Å². The van der Waals surface area contributed by atoms with Crippen molar-refractivity contribution in [2.45, 2.75) is 51.2 Å². The zero-order valence-corrected chi connectivity index (χ0v) is 28.7. The molecule has 0 unspecified atom stereocenters. The molecule has 0 spiro atoms. The van der Waals surface area contributed by atoms with E-state index in [-0.39, 0.29) is 6.10 Å². The lowest BCUT2D eigenvalue weighted by atomic mass is 10.1. The summed E-state index contributed by atoms with van der Waals surface area (Å²) in [5.74, 6) is 1.82. The van der Waals surface area contributed by atoms with Crippen LogP contribution in [0.1, 0.15) is 38.0 Å². The van der Waals surface area contributed by atoms with E-state index in [0.717, 1.165) is 47.7 Å². The molecule has 0 amide bonds. The lowest BCUT2D eigenvalue weighted by Gasteiger charge is -2.42. The van der Waals surface area contributed by atoms with Crippen LogP contribution >= 0.6 is 11.8 Å². The largest absolute Gasteiger partial charge is 0.494 e. The Kier molecular flexibility index (Phi) is 9.78. The predicted octanol–water partition coefficient (Wildman–Crippen LogP) is 6.41. The third kappa shape index (κ3) is 6.98. The van der Waals surface area contributed by atoms with E-state index in [1.807, 2.05) is 60.8 Å². The molecule has 1 saturated carbocycles. The monoisotopic (exact) mass is 687 g/mol. The van der Waals surface area contributed by atoms with E-state index < -0.39 is 12.0 Å². The van der Waals surface area contributed by atoms with Crippen molar-refractivity contribution in [3.8, 4) is 22.8 Å². The summed E-state index contributed by atoms with van der Waals surface area (Å²) in [4.78, 5) is 30.1. The quantitative estimate of drug-likeness (QED) is 0.125. The average Bonchev–Trinajstić information content (AvgIpc) is 3.86. The number of thioether (sulfide) groups is 1. The highest BCUT2D eigenvalue weighted by atomic mass is 32.2. The minimum Gasteiger partial charge on any atom is -0.494 e. The number of nitrogens with zero attached hydrogens (tertiary/aromatic N) is 5. The summed E-state index contributed by atoms with van der Waals surface area (Å²) in [5.41, 5.74) is 5.34. The van der Waals surface area contributed by atoms with Crippen LogP contribution in [0.15, 0.2) is 47.0 Å². The van der Waals surface area contributed by atoms with Crippen LogP contribution in [0.5, 0.6) is 11.6 Å². The number of hydrogen-bond donors (Lipinski definition) is 3. The van der Waals surface area contributed by atoms with Gasteiger partial charge in [0.25, 0.3) is 0 Å². The van der Waals surface area contributed by atoms with E-state index in [2.05, 4.69) is 20.3 Å². The number of oxazole rings is 1. The Hall–Kier alpha value is -4.53. The SMILES string of the molecule is COc1cc(N([C@@H](CCSC)C(=O)O)N2CCOCC2)ccc1Nc1nc(OC2CCCC2)c2c(-c3ccc4nc(C)oc4c3)c[nH]c2n1. The van der Waals surface area contributed by atoms with Gasteiger partial charge in [-0.15, -0.1) is 0 Å². The first-order valence-corrected chi connectivity index (χ1v) is 18.0. The number of benzene rings is 2. The predicted molar refractivity (Wildman–Crippen MR) is 190 cm³/mol. The number of aliphatic carboxylic acids is 1. The van der Waals surface area contributed by atoms with Gasteiger partial charge in [0, 0.05) is 37.8 Å². The number of hydrazine groups is 1. The minimum absolute atomic E-state index is 0.0707. The molecule has 13 nitrogen and oxygen atoms in total. The van der Waals surface area contributed by atoms with Crippen molar-refractivity contribution >= 4 is 57.2 Å². The van der Waals surface area contributed by atoms with Gasteiger partial charge < -0.3 is 34.0 Å². The summed E-state index contributed by atoms with van der Waals surface area (Å²) < 4.78 is 23.8. The number of anilines is 3. The number of aromatic amines is 1. The Morgan fingerprint density at radius 3 is 2.73 bits per heavy atom. The van der Waals surface area contributed by atoms with Gasteiger partial charge in [-0.2, -0.15) is 21.7 Å². The molecule has 4 heterocycles. The van der Waals surface area contributed by atoms with Crippen LogP contribution in [-0.4, -0.2) is 93.6 Å². The summed E-state index contributed by atoms with van der Waals surface area (Å²) in [7, 11) is 1.59. The lowest BCUT2D eigenvalue weighted by molar-refractivity contribution is -0.140. The van der Waals surface area contributed by atoms with Crippen molar-refractivity contribution in [1.29, 1.82) is 0 Å². The summed E-state index contributed by atoms with van der Waals surface area (Å²) in [6.45, 7) is 4.08. The van der Waals surface area contributed by atoms with Gasteiger partial charge in [0.15, 0.2) is 11.5 Å². The van der Waals surface area contributed by atoms with E-state index in [0.29, 0.717) is 84.6 Å². The van der Waals surface area contributed by atoms with Crippen molar-refractivity contribution < 1.29 is 28.5 Å². The van der Waals surface area contributed by atoms with E-state index in [4.69, 9.17) is 28.6 Å². The van der Waals surface area contributed by atoms with Crippen molar-refractivity contribution in [2.75, 3.05) is 55.7 Å². The maximum Gasteiger partial charge on any atom is 0.327 e. The Balaban J connectivity index is 1.24. The number of ether oxygens (including phenoxy) is 3. The van der Waals surface area contributed by atoms with Gasteiger partial charge >= 0.3 is 5.97 Å². The Labute approximate surface area is 288 Å². The van der Waals surface area contributed by atoms with Crippen LogP contribution < -0.4 is 19.8 Å². The van der Waals surface area contributed by atoms with Gasteiger partial charge in [0.1, 0.15) is 29.1 Å². The molecule has 49 heavy (non-hydrogen) atoms. The third-order valence-electron chi connectivity index (χ3n) is 9.05. The number of carboxylic acids is 1. The number of carbonyl (C=O) groups is 1. The number of hydrogen-bond acceptors (Lipinski definition) is 12. The number of nitrogens with one attached hydrogen (secondary N) is 2. The van der Waals surface area contributed by atoms with E-state index in [1.54, 1.807) is 18.9 Å². The molecular weight excluding hydrogens is 646 g/mol. The van der Waals surface area contributed by atoms with Crippen LogP contribution in [0.3, 0.4) is 0 Å². The van der Waals surface area contributed by atoms with Crippen LogP contribution in [0.2, 0.25) is 0 Å². The van der Waals surface area contributed by atoms with Crippen molar-refractivity contribution in [2.24, 2.45) is 0 Å². The highest BCUT2D eigenvalue weighted by molar-refractivity contribution is 7.98. The number of carboxylic acid groups (broad SMARTS) is 1. The molecule has 1 aliphatic carbocycles. The van der Waals surface area contributed by atoms with Crippen LogP contribution in [-0.2, 0) is 9.53 Å². The zero-order chi connectivity index (χ0) is 33.9. The highest BCUT2D eigenvalue weighted by Gasteiger charge is 2.32. The molecule has 5 aromatic rings. The molecule has 1 saturated heterocycles. The normalized spacial score (nSPS) is 16.3. The first kappa shape index (κ1) is 33.0. The minimum atomic E-state index is -0.876. The second-order valence-corrected chi connectivity index (χ2v) is 13.3. The first-order valence-electron chi connectivity index (χ1n) is 16.6. The molecule has 3 N–H and O–H groups in total. The molecular formula is C35H41N7O6S. The smallest absolute Gasteiger partial charge is 0.327 e. The Bertz CT molecular complexity index is 1930. The van der Waals surface area contributed by atoms with Crippen molar-refractivity contribution in [3.05, 3.63) is 48.5 Å². The standard InChI is InChI=1S/C35H41N7O6S/c1-21-37-27-10-8-22(18-30(27)47-21)25-20-36-32-31(25)33(48-24-6-4-5-7-24)40-35(39-32)38-26-11-9-23(19-29(26)45-2)42(41-13-15-46-16-14-41)28(34(43)44)12-17-49-3/h8-11,18-20,24,28H,4-7,12-17H2,1-3H3,(H,43,44)(H2,36,38,39,40)/t28-/m0/s1. The van der Waals surface area contributed by atoms with Gasteiger partial charge in [-0.05, 0) is 73.9 Å². The molecule has 2 aromatic carbocycles. The van der Waals surface area contributed by atoms with Crippen LogP contribution in [0, 0.1) is 6.92 Å². The van der Waals surface area contributed by atoms with Crippen LogP contribution in [0.4, 0.5) is 17.3 Å². The molecule has 1 atom stereocenters.